The summed E-state index contributed by atoms with van der Waals surface area (Å²) < 4.78 is 27.7. The number of aromatic nitrogens is 6. The number of hydrogen-bond donors (Lipinski definition) is 1. The lowest BCUT2D eigenvalue weighted by Crippen LogP contribution is -2.24. The molecular weight excluding hydrogens is 368 g/mol. The molecule has 0 saturated heterocycles. The summed E-state index contributed by atoms with van der Waals surface area (Å²) in [6, 6.07) is 4.75. The molecule has 0 bridgehead atoms. The molecule has 0 radical (unpaired) electrons. The first-order valence-electron chi connectivity index (χ1n) is 8.21. The topological polar surface area (TPSA) is 98.5 Å². The van der Waals surface area contributed by atoms with Gasteiger partial charge in [0.05, 0.1) is 11.3 Å². The number of hydrogen-bond acceptors (Lipinski definition) is 6. The van der Waals surface area contributed by atoms with E-state index in [4.69, 9.17) is 0 Å². The van der Waals surface area contributed by atoms with Gasteiger partial charge in [-0.1, -0.05) is 0 Å². The molecule has 0 saturated carbocycles. The number of halogens is 2. The summed E-state index contributed by atoms with van der Waals surface area (Å²) in [7, 11) is 0. The molecule has 8 nitrogen and oxygen atoms in total. The molecule has 0 aliphatic carbocycles. The lowest BCUT2D eigenvalue weighted by Gasteiger charge is -2.09. The van der Waals surface area contributed by atoms with Crippen molar-refractivity contribution in [3.8, 4) is 11.6 Å². The number of pyridine rings is 1. The van der Waals surface area contributed by atoms with E-state index < -0.39 is 12.3 Å². The minimum absolute atomic E-state index is 0.191. The van der Waals surface area contributed by atoms with Gasteiger partial charge in [0, 0.05) is 41.9 Å². The van der Waals surface area contributed by atoms with Gasteiger partial charge in [0.25, 0.3) is 12.3 Å². The summed E-state index contributed by atoms with van der Waals surface area (Å²) in [6.07, 6.45) is 4.39. The maximum Gasteiger partial charge on any atom is 0.273 e. The van der Waals surface area contributed by atoms with Crippen molar-refractivity contribution in [1.29, 1.82) is 0 Å². The van der Waals surface area contributed by atoms with Gasteiger partial charge in [0.2, 0.25) is 0 Å². The Morgan fingerprint density at radius 3 is 2.54 bits per heavy atom. The fourth-order valence-corrected chi connectivity index (χ4v) is 2.73. The fraction of sp³-hybridized carbons (Fsp3) is 0.111. The zero-order valence-corrected chi connectivity index (χ0v) is 14.5. The van der Waals surface area contributed by atoms with E-state index in [-0.39, 0.29) is 28.0 Å². The Kier molecular flexibility index (Phi) is 4.44. The lowest BCUT2D eigenvalue weighted by atomic mass is 10.2. The van der Waals surface area contributed by atoms with E-state index in [1.54, 1.807) is 31.5 Å². The zero-order valence-electron chi connectivity index (χ0n) is 14.5. The van der Waals surface area contributed by atoms with E-state index >= 15 is 0 Å². The van der Waals surface area contributed by atoms with Crippen molar-refractivity contribution in [3.63, 3.8) is 0 Å². The van der Waals surface area contributed by atoms with Crippen LogP contribution in [-0.4, -0.2) is 35.5 Å². The first-order chi connectivity index (χ1) is 13.5. The van der Waals surface area contributed by atoms with E-state index in [9.17, 15) is 13.6 Å². The molecule has 0 aliphatic heterocycles. The Labute approximate surface area is 157 Å². The highest BCUT2D eigenvalue weighted by atomic mass is 19.3. The van der Waals surface area contributed by atoms with Crippen LogP contribution in [0.3, 0.4) is 0 Å². The predicted molar refractivity (Wildman–Crippen MR) is 96.2 cm³/mol. The van der Waals surface area contributed by atoms with Crippen LogP contribution in [0.5, 0.6) is 0 Å². The number of carbonyl (C=O) groups is 1. The highest BCUT2D eigenvalue weighted by Crippen LogP contribution is 2.28. The highest BCUT2D eigenvalue weighted by Gasteiger charge is 2.19. The van der Waals surface area contributed by atoms with Crippen molar-refractivity contribution in [3.05, 3.63) is 66.0 Å². The molecule has 28 heavy (non-hydrogen) atoms. The van der Waals surface area contributed by atoms with Gasteiger partial charge in [-0.15, -0.1) is 0 Å². The van der Waals surface area contributed by atoms with Crippen LogP contribution in [0.1, 0.15) is 28.0 Å². The van der Waals surface area contributed by atoms with Crippen LogP contribution in [0.15, 0.2) is 49.2 Å². The van der Waals surface area contributed by atoms with Crippen molar-refractivity contribution in [2.24, 2.45) is 0 Å². The molecule has 4 aromatic heterocycles. The maximum absolute atomic E-state index is 13.3. The Balaban J connectivity index is 1.65. The third-order valence-corrected chi connectivity index (χ3v) is 4.04. The van der Waals surface area contributed by atoms with Gasteiger partial charge in [-0.25, -0.2) is 38.4 Å². The van der Waals surface area contributed by atoms with Crippen molar-refractivity contribution in [2.75, 3.05) is 5.43 Å². The number of nitrogens with zero attached hydrogens (tertiary/aromatic N) is 6. The fourth-order valence-electron chi connectivity index (χ4n) is 2.73. The third kappa shape index (κ3) is 3.15. The van der Waals surface area contributed by atoms with Crippen molar-refractivity contribution in [1.82, 2.24) is 29.6 Å². The van der Waals surface area contributed by atoms with Crippen LogP contribution in [-0.2, 0) is 0 Å². The number of carbonyl (C=O) groups excluding carboxylic acids is 1. The molecule has 1 N–H and O–H groups in total. The van der Waals surface area contributed by atoms with Gasteiger partial charge in [0.15, 0.2) is 17.3 Å². The van der Waals surface area contributed by atoms with Gasteiger partial charge in [0.1, 0.15) is 0 Å². The number of aryl methyl sites for hydroxylation is 1. The normalized spacial score (nSPS) is 11.1. The van der Waals surface area contributed by atoms with Crippen LogP contribution >= 0.6 is 0 Å². The lowest BCUT2D eigenvalue weighted by molar-refractivity contribution is 0.101. The summed E-state index contributed by atoms with van der Waals surface area (Å²) in [5.74, 6) is 0.0591. The quantitative estimate of drug-likeness (QED) is 0.584. The standard InChI is InChI=1S/C18H13F2N7O/c1-10-12(8-24-16(25-10)15-21-6-3-7-22-15)18(28)26-27-9-13(14(19)20)11-4-2-5-23-17(11)27/h2-9,14H,1H3,(H,26,28). The van der Waals surface area contributed by atoms with Gasteiger partial charge < -0.3 is 0 Å². The van der Waals surface area contributed by atoms with Crippen molar-refractivity contribution in [2.45, 2.75) is 13.3 Å². The minimum Gasteiger partial charge on any atom is -0.267 e. The summed E-state index contributed by atoms with van der Waals surface area (Å²) >= 11 is 0. The number of nitrogens with one attached hydrogen (secondary N) is 1. The second-order valence-corrected chi connectivity index (χ2v) is 5.84. The molecule has 4 rings (SSSR count). The number of amides is 1. The van der Waals surface area contributed by atoms with E-state index in [1.807, 2.05) is 0 Å². The third-order valence-electron chi connectivity index (χ3n) is 4.04. The number of rotatable bonds is 4. The van der Waals surface area contributed by atoms with Crippen LogP contribution in [0.25, 0.3) is 22.7 Å². The molecule has 0 atom stereocenters. The molecule has 0 spiro atoms. The summed E-state index contributed by atoms with van der Waals surface area (Å²) in [6.45, 7) is 1.64. The monoisotopic (exact) mass is 381 g/mol. The van der Waals surface area contributed by atoms with E-state index in [0.29, 0.717) is 11.5 Å². The summed E-state index contributed by atoms with van der Waals surface area (Å²) in [4.78, 5) is 33.2. The number of fused-ring (bicyclic) bond motifs is 1. The highest BCUT2D eigenvalue weighted by molar-refractivity contribution is 6.01. The van der Waals surface area contributed by atoms with Gasteiger partial charge in [-0.05, 0) is 25.1 Å². The van der Waals surface area contributed by atoms with Gasteiger partial charge in [-0.3, -0.25) is 10.2 Å². The van der Waals surface area contributed by atoms with Crippen LogP contribution in [0.2, 0.25) is 0 Å². The molecule has 4 heterocycles. The summed E-state index contributed by atoms with van der Waals surface area (Å²) in [5, 5.41) is 0.266. The first kappa shape index (κ1) is 17.6. The van der Waals surface area contributed by atoms with E-state index in [2.05, 4.69) is 30.3 Å². The van der Waals surface area contributed by atoms with Gasteiger partial charge in [-0.2, -0.15) is 0 Å². The van der Waals surface area contributed by atoms with Crippen molar-refractivity contribution < 1.29 is 13.6 Å². The Hall–Kier alpha value is -3.82. The van der Waals surface area contributed by atoms with Crippen molar-refractivity contribution >= 4 is 16.9 Å². The summed E-state index contributed by atoms with van der Waals surface area (Å²) in [5.41, 5.74) is 3.14. The Morgan fingerprint density at radius 2 is 1.82 bits per heavy atom. The Bertz CT molecular complexity index is 1160. The van der Waals surface area contributed by atoms with Crippen LogP contribution < -0.4 is 5.43 Å². The molecule has 0 fully saturated rings. The van der Waals surface area contributed by atoms with E-state index in [0.717, 1.165) is 6.20 Å². The molecule has 4 aromatic rings. The molecule has 1 amide bonds. The molecule has 0 aromatic carbocycles. The average Bonchev–Trinajstić information content (AvgIpc) is 3.07. The first-order valence-corrected chi connectivity index (χ1v) is 8.21. The molecule has 0 aliphatic rings. The molecular formula is C18H13F2N7O. The SMILES string of the molecule is Cc1nc(-c2ncccn2)ncc1C(=O)Nn1cc(C(F)F)c2cccnc21. The minimum atomic E-state index is -2.69. The average molecular weight is 381 g/mol. The molecule has 0 unspecified atom stereocenters. The van der Waals surface area contributed by atoms with Crippen LogP contribution in [0.4, 0.5) is 8.78 Å². The maximum atomic E-state index is 13.3. The van der Waals surface area contributed by atoms with Gasteiger partial charge >= 0.3 is 0 Å². The van der Waals surface area contributed by atoms with E-state index in [1.165, 1.54) is 23.1 Å². The predicted octanol–water partition coefficient (Wildman–Crippen LogP) is 2.91. The number of alkyl halides is 2. The molecule has 10 heteroatoms. The molecule has 140 valence electrons. The second kappa shape index (κ2) is 7.06. The van der Waals surface area contributed by atoms with Crippen LogP contribution in [0, 0.1) is 6.92 Å². The smallest absolute Gasteiger partial charge is 0.267 e. The largest absolute Gasteiger partial charge is 0.273 e. The Morgan fingerprint density at radius 1 is 1.07 bits per heavy atom. The zero-order chi connectivity index (χ0) is 19.7. The second-order valence-electron chi connectivity index (χ2n) is 5.84.